The van der Waals surface area contributed by atoms with Gasteiger partial charge in [-0.2, -0.15) is 0 Å². The van der Waals surface area contributed by atoms with Crippen molar-refractivity contribution < 1.29 is 28.2 Å². The first-order chi connectivity index (χ1) is 11.0. The summed E-state index contributed by atoms with van der Waals surface area (Å²) in [6, 6.07) is 8.68. The molecule has 2 rings (SSSR count). The van der Waals surface area contributed by atoms with Gasteiger partial charge in [0.25, 0.3) is 5.91 Å². The summed E-state index contributed by atoms with van der Waals surface area (Å²) < 4.78 is 23.5. The third kappa shape index (κ3) is 5.46. The van der Waals surface area contributed by atoms with Crippen LogP contribution in [0.1, 0.15) is 29.2 Å². The van der Waals surface area contributed by atoms with E-state index >= 15 is 0 Å². The van der Waals surface area contributed by atoms with Gasteiger partial charge in [0.1, 0.15) is 23.9 Å². The predicted molar refractivity (Wildman–Crippen MR) is 78.6 cm³/mol. The molecule has 0 bridgehead atoms. The van der Waals surface area contributed by atoms with Crippen molar-refractivity contribution in [3.05, 3.63) is 53.7 Å². The highest BCUT2D eigenvalue weighted by Crippen LogP contribution is 2.15. The number of carboxylic acid groups (broad SMARTS) is 1. The summed E-state index contributed by atoms with van der Waals surface area (Å²) in [5, 5.41) is 11.1. The summed E-state index contributed by atoms with van der Waals surface area (Å²) in [5.74, 6) is -0.608. The zero-order valence-electron chi connectivity index (χ0n) is 12.3. The highest BCUT2D eigenvalue weighted by molar-refractivity contribution is 5.91. The minimum Gasteiger partial charge on any atom is -0.486 e. The Morgan fingerprint density at radius 1 is 1.17 bits per heavy atom. The molecule has 0 atom stereocenters. The van der Waals surface area contributed by atoms with E-state index in [0.29, 0.717) is 17.9 Å². The smallest absolute Gasteiger partial charge is 0.303 e. The Kier molecular flexibility index (Phi) is 5.74. The van der Waals surface area contributed by atoms with Crippen molar-refractivity contribution in [2.45, 2.75) is 19.4 Å². The predicted octanol–water partition coefficient (Wildman–Crippen LogP) is 2.59. The highest BCUT2D eigenvalue weighted by atomic mass is 19.1. The number of rotatable bonds is 8. The number of carboxylic acids is 1. The molecule has 1 aromatic carbocycles. The highest BCUT2D eigenvalue weighted by Gasteiger charge is 2.11. The number of hydrogen-bond donors (Lipinski definition) is 2. The number of carbonyl (C=O) groups is 2. The molecule has 2 N–H and O–H groups in total. The molecule has 2 aromatic rings. The Balaban J connectivity index is 1.79. The molecule has 7 heteroatoms. The third-order valence-corrected chi connectivity index (χ3v) is 2.93. The Hall–Kier alpha value is -2.83. The average Bonchev–Trinajstić information content (AvgIpc) is 3.00. The Morgan fingerprint density at radius 3 is 2.61 bits per heavy atom. The fourth-order valence-electron chi connectivity index (χ4n) is 1.79. The number of carbonyl (C=O) groups excluding carboxylic acids is 1. The van der Waals surface area contributed by atoms with Gasteiger partial charge < -0.3 is 19.6 Å². The lowest BCUT2D eigenvalue weighted by molar-refractivity contribution is -0.137. The first kappa shape index (κ1) is 16.5. The Bertz CT molecular complexity index is 665. The van der Waals surface area contributed by atoms with E-state index in [9.17, 15) is 14.0 Å². The maximum atomic E-state index is 12.8. The van der Waals surface area contributed by atoms with E-state index in [2.05, 4.69) is 5.32 Å². The van der Waals surface area contributed by atoms with Crippen LogP contribution >= 0.6 is 0 Å². The van der Waals surface area contributed by atoms with Crippen molar-refractivity contribution in [1.29, 1.82) is 0 Å². The molecule has 122 valence electrons. The van der Waals surface area contributed by atoms with Gasteiger partial charge in [0.2, 0.25) is 0 Å². The summed E-state index contributed by atoms with van der Waals surface area (Å²) in [5.41, 5.74) is 0. The van der Waals surface area contributed by atoms with Crippen LogP contribution in [0.4, 0.5) is 4.39 Å². The van der Waals surface area contributed by atoms with E-state index in [-0.39, 0.29) is 31.1 Å². The van der Waals surface area contributed by atoms with Gasteiger partial charge in [-0.25, -0.2) is 4.39 Å². The second-order valence-corrected chi connectivity index (χ2v) is 4.76. The molecular weight excluding hydrogens is 305 g/mol. The largest absolute Gasteiger partial charge is 0.486 e. The van der Waals surface area contributed by atoms with Gasteiger partial charge in [-0.3, -0.25) is 9.59 Å². The molecule has 23 heavy (non-hydrogen) atoms. The van der Waals surface area contributed by atoms with Crippen molar-refractivity contribution in [3.63, 3.8) is 0 Å². The molecule has 1 amide bonds. The maximum absolute atomic E-state index is 12.8. The lowest BCUT2D eigenvalue weighted by Crippen LogP contribution is -2.24. The van der Waals surface area contributed by atoms with E-state index in [4.69, 9.17) is 14.3 Å². The van der Waals surface area contributed by atoms with Crippen LogP contribution in [-0.2, 0) is 11.4 Å². The van der Waals surface area contributed by atoms with Gasteiger partial charge in [-0.05, 0) is 42.8 Å². The van der Waals surface area contributed by atoms with Crippen molar-refractivity contribution >= 4 is 11.9 Å². The second kappa shape index (κ2) is 7.98. The lowest BCUT2D eigenvalue weighted by Gasteiger charge is -2.04. The quantitative estimate of drug-likeness (QED) is 0.730. The minimum atomic E-state index is -0.905. The van der Waals surface area contributed by atoms with Crippen LogP contribution in [0.3, 0.4) is 0 Å². The van der Waals surface area contributed by atoms with Gasteiger partial charge in [0, 0.05) is 13.0 Å². The molecule has 0 spiro atoms. The SMILES string of the molecule is O=C(O)CCCNC(=O)c1ccc(COc2ccc(F)cc2)o1. The van der Waals surface area contributed by atoms with Gasteiger partial charge in [-0.15, -0.1) is 0 Å². The zero-order chi connectivity index (χ0) is 16.7. The van der Waals surface area contributed by atoms with Crippen LogP contribution in [0, 0.1) is 5.82 Å². The Labute approximate surface area is 131 Å². The summed E-state index contributed by atoms with van der Waals surface area (Å²) in [6.07, 6.45) is 0.345. The van der Waals surface area contributed by atoms with E-state index < -0.39 is 11.9 Å². The van der Waals surface area contributed by atoms with E-state index in [1.165, 1.54) is 30.3 Å². The van der Waals surface area contributed by atoms with Crippen LogP contribution < -0.4 is 10.1 Å². The van der Waals surface area contributed by atoms with Gasteiger partial charge in [0.05, 0.1) is 0 Å². The fraction of sp³-hybridized carbons (Fsp3) is 0.250. The van der Waals surface area contributed by atoms with E-state index in [1.54, 1.807) is 6.07 Å². The lowest BCUT2D eigenvalue weighted by atomic mass is 10.3. The molecule has 1 aromatic heterocycles. The summed E-state index contributed by atoms with van der Waals surface area (Å²) in [4.78, 5) is 22.1. The van der Waals surface area contributed by atoms with Crippen LogP contribution in [0.5, 0.6) is 5.75 Å². The monoisotopic (exact) mass is 321 g/mol. The van der Waals surface area contributed by atoms with Crippen molar-refractivity contribution in [1.82, 2.24) is 5.32 Å². The average molecular weight is 321 g/mol. The topological polar surface area (TPSA) is 88.8 Å². The number of nitrogens with one attached hydrogen (secondary N) is 1. The number of ether oxygens (including phenoxy) is 1. The maximum Gasteiger partial charge on any atom is 0.303 e. The van der Waals surface area contributed by atoms with Crippen molar-refractivity contribution in [3.8, 4) is 5.75 Å². The summed E-state index contributed by atoms with van der Waals surface area (Å²) in [6.45, 7) is 0.366. The minimum absolute atomic E-state index is 0.00477. The van der Waals surface area contributed by atoms with Gasteiger partial charge in [-0.1, -0.05) is 0 Å². The van der Waals surface area contributed by atoms with Crippen LogP contribution in [-0.4, -0.2) is 23.5 Å². The molecule has 0 aliphatic heterocycles. The van der Waals surface area contributed by atoms with E-state index in [0.717, 1.165) is 0 Å². The third-order valence-electron chi connectivity index (χ3n) is 2.93. The van der Waals surface area contributed by atoms with Crippen molar-refractivity contribution in [2.24, 2.45) is 0 Å². The summed E-state index contributed by atoms with van der Waals surface area (Å²) >= 11 is 0. The molecule has 1 heterocycles. The number of hydrogen-bond acceptors (Lipinski definition) is 4. The zero-order valence-corrected chi connectivity index (χ0v) is 12.3. The van der Waals surface area contributed by atoms with E-state index in [1.807, 2.05) is 0 Å². The molecule has 0 fully saturated rings. The van der Waals surface area contributed by atoms with Gasteiger partial charge >= 0.3 is 5.97 Å². The molecule has 0 aliphatic rings. The number of halogens is 1. The normalized spacial score (nSPS) is 10.3. The number of benzene rings is 1. The standard InChI is InChI=1S/C16H16FNO5/c17-11-3-5-12(6-4-11)22-10-13-7-8-14(23-13)16(21)18-9-1-2-15(19)20/h3-8H,1-2,9-10H2,(H,18,21)(H,19,20). The second-order valence-electron chi connectivity index (χ2n) is 4.76. The Morgan fingerprint density at radius 2 is 1.91 bits per heavy atom. The molecule has 6 nitrogen and oxygen atoms in total. The summed E-state index contributed by atoms with van der Waals surface area (Å²) in [7, 11) is 0. The van der Waals surface area contributed by atoms with Crippen LogP contribution in [0.2, 0.25) is 0 Å². The van der Waals surface area contributed by atoms with Gasteiger partial charge in [0.15, 0.2) is 5.76 Å². The number of aliphatic carboxylic acids is 1. The molecular formula is C16H16FNO5. The molecule has 0 radical (unpaired) electrons. The van der Waals surface area contributed by atoms with Crippen LogP contribution in [0.25, 0.3) is 0 Å². The molecule has 0 saturated carbocycles. The molecule has 0 saturated heterocycles. The molecule has 0 aliphatic carbocycles. The molecule has 0 unspecified atom stereocenters. The van der Waals surface area contributed by atoms with Crippen LogP contribution in [0.15, 0.2) is 40.8 Å². The fourth-order valence-corrected chi connectivity index (χ4v) is 1.79. The first-order valence-electron chi connectivity index (χ1n) is 7.01. The number of amides is 1. The number of furan rings is 1. The first-order valence-corrected chi connectivity index (χ1v) is 7.01. The van der Waals surface area contributed by atoms with Crippen molar-refractivity contribution in [2.75, 3.05) is 6.54 Å².